The fraction of sp³-hybridized carbons (Fsp3) is 0.250. The molecule has 2 aliphatic heterocycles. The van der Waals surface area contributed by atoms with Crippen LogP contribution in [0.2, 0.25) is 0 Å². The lowest BCUT2D eigenvalue weighted by atomic mass is 9.82. The lowest BCUT2D eigenvalue weighted by Gasteiger charge is -2.31. The molecule has 0 atom stereocenters. The van der Waals surface area contributed by atoms with Crippen LogP contribution in [-0.4, -0.2) is 80.9 Å². The maximum Gasteiger partial charge on any atom is 0.537 e. The summed E-state index contributed by atoms with van der Waals surface area (Å²) >= 11 is 0. The average molecular weight is 867 g/mol. The number of carbonyl (C=O) groups is 4. The predicted octanol–water partition coefficient (Wildman–Crippen LogP) is 7.85. The van der Waals surface area contributed by atoms with E-state index < -0.39 is 41.2 Å². The minimum absolute atomic E-state index is 0.399. The van der Waals surface area contributed by atoms with Crippen LogP contribution in [0.3, 0.4) is 0 Å². The highest BCUT2D eigenvalue weighted by Crippen LogP contribution is 2.47. The lowest BCUT2D eigenvalue weighted by Crippen LogP contribution is -2.56. The number of amides is 4. The highest BCUT2D eigenvalue weighted by atomic mass is 28.4. The Morgan fingerprint density at radius 1 is 0.339 bits per heavy atom. The standard InChI is InChI=1S/C48H46N2O10Si2/c1-7-55-61(56-8-2,57-9-3)31-17-13-29(14-18-31)49-45(51)37-25-21-33-35-23-27-39-44-40(28-24-36(42(35)44)34-22-26-38(46(49)52)43(37)41(33)34)48(54)50(47(39)53)30-15-19-32(20-16-30)62(58-10-4,59-11-5)60-12-6/h13-28H,7-12H2,1-6H3. The van der Waals surface area contributed by atoms with E-state index in [0.717, 1.165) is 42.7 Å². The van der Waals surface area contributed by atoms with Gasteiger partial charge in [-0.2, -0.15) is 0 Å². The number of nitrogens with zero attached hydrogens (tertiary/aromatic N) is 2. The molecule has 9 rings (SSSR count). The molecule has 0 saturated carbocycles. The first-order valence-electron chi connectivity index (χ1n) is 21.1. The topological polar surface area (TPSA) is 130 Å². The van der Waals surface area contributed by atoms with Gasteiger partial charge >= 0.3 is 17.6 Å². The van der Waals surface area contributed by atoms with E-state index in [1.807, 2.05) is 65.8 Å². The normalized spacial score (nSPS) is 14.5. The molecule has 2 aliphatic rings. The number of rotatable bonds is 16. The first kappa shape index (κ1) is 41.7. The van der Waals surface area contributed by atoms with Gasteiger partial charge in [-0.15, -0.1) is 0 Å². The highest BCUT2D eigenvalue weighted by molar-refractivity contribution is 6.76. The van der Waals surface area contributed by atoms with Gasteiger partial charge in [0.25, 0.3) is 23.6 Å². The quantitative estimate of drug-likeness (QED) is 0.0410. The van der Waals surface area contributed by atoms with Gasteiger partial charge in [0.15, 0.2) is 0 Å². The number of anilines is 2. The van der Waals surface area contributed by atoms with Gasteiger partial charge in [-0.25, -0.2) is 9.80 Å². The third-order valence-corrected chi connectivity index (χ3v) is 17.7. The van der Waals surface area contributed by atoms with Crippen molar-refractivity contribution < 1.29 is 45.7 Å². The number of carbonyl (C=O) groups excluding carboxylic acids is 4. The molecule has 0 aromatic heterocycles. The molecular formula is C48H46N2O10Si2. The third-order valence-electron chi connectivity index (χ3n) is 11.6. The molecule has 0 bridgehead atoms. The van der Waals surface area contributed by atoms with E-state index in [1.165, 1.54) is 9.80 Å². The molecule has 0 unspecified atom stereocenters. The number of imide groups is 2. The second kappa shape index (κ2) is 16.2. The Labute approximate surface area is 360 Å². The molecule has 62 heavy (non-hydrogen) atoms. The minimum Gasteiger partial charge on any atom is -0.370 e. The van der Waals surface area contributed by atoms with Crippen molar-refractivity contribution in [3.63, 3.8) is 0 Å². The van der Waals surface area contributed by atoms with E-state index >= 15 is 0 Å². The maximum atomic E-state index is 14.4. The second-order valence-corrected chi connectivity index (χ2v) is 19.9. The van der Waals surface area contributed by atoms with Crippen LogP contribution < -0.4 is 20.2 Å². The Morgan fingerprint density at radius 3 is 0.806 bits per heavy atom. The van der Waals surface area contributed by atoms with Crippen LogP contribution in [0.25, 0.3) is 43.1 Å². The summed E-state index contributed by atoms with van der Waals surface area (Å²) in [5, 5.41) is 7.39. The Morgan fingerprint density at radius 2 is 0.581 bits per heavy atom. The molecule has 12 nitrogen and oxygen atoms in total. The Kier molecular flexibility index (Phi) is 10.9. The van der Waals surface area contributed by atoms with Crippen LogP contribution in [0, 0.1) is 0 Å². The van der Waals surface area contributed by atoms with Crippen molar-refractivity contribution in [1.82, 2.24) is 0 Å². The SMILES string of the molecule is CCO[Si](OCC)(OCC)c1ccc(N2C(=O)c3ccc4c5ccc6c7c(ccc(c8ccc(c3c48)C2=O)c75)C(=O)N(c2ccc([Si](OCC)(OCC)OCC)cc2)C6=O)cc1. The lowest BCUT2D eigenvalue weighted by molar-refractivity contribution is 0.0851. The molecule has 7 aromatic rings. The van der Waals surface area contributed by atoms with E-state index in [4.69, 9.17) is 26.6 Å². The summed E-state index contributed by atoms with van der Waals surface area (Å²) in [4.78, 5) is 60.1. The van der Waals surface area contributed by atoms with Crippen LogP contribution in [-0.2, 0) is 26.6 Å². The molecule has 7 aromatic carbocycles. The largest absolute Gasteiger partial charge is 0.537 e. The Bertz CT molecular complexity index is 2580. The van der Waals surface area contributed by atoms with E-state index in [-0.39, 0.29) is 0 Å². The molecule has 0 saturated heterocycles. The van der Waals surface area contributed by atoms with Gasteiger partial charge < -0.3 is 26.6 Å². The van der Waals surface area contributed by atoms with Gasteiger partial charge in [0.1, 0.15) is 0 Å². The van der Waals surface area contributed by atoms with Crippen LogP contribution in [0.5, 0.6) is 0 Å². The fourth-order valence-electron chi connectivity index (χ4n) is 9.26. The first-order chi connectivity index (χ1) is 30.1. The number of hydrogen-bond acceptors (Lipinski definition) is 10. The van der Waals surface area contributed by atoms with E-state index in [1.54, 1.807) is 72.8 Å². The molecule has 0 spiro atoms. The molecule has 0 radical (unpaired) electrons. The molecule has 4 amide bonds. The maximum absolute atomic E-state index is 14.4. The van der Waals surface area contributed by atoms with Gasteiger partial charge in [-0.1, -0.05) is 48.5 Å². The van der Waals surface area contributed by atoms with Gasteiger partial charge in [-0.05, 0) is 122 Å². The smallest absolute Gasteiger partial charge is 0.370 e. The monoisotopic (exact) mass is 866 g/mol. The molecule has 316 valence electrons. The zero-order valence-electron chi connectivity index (χ0n) is 35.5. The van der Waals surface area contributed by atoms with Crippen LogP contribution in [0.4, 0.5) is 11.4 Å². The number of fused-ring (bicyclic) bond motifs is 2. The van der Waals surface area contributed by atoms with E-state index in [2.05, 4.69) is 0 Å². The van der Waals surface area contributed by atoms with Gasteiger partial charge in [0.05, 0.1) is 11.4 Å². The summed E-state index contributed by atoms with van der Waals surface area (Å²) in [6, 6.07) is 28.8. The van der Waals surface area contributed by atoms with Crippen LogP contribution >= 0.6 is 0 Å². The van der Waals surface area contributed by atoms with Crippen LogP contribution in [0.1, 0.15) is 83.0 Å². The summed E-state index contributed by atoms with van der Waals surface area (Å²) in [6.07, 6.45) is 0. The average Bonchev–Trinajstić information content (AvgIpc) is 3.28. The van der Waals surface area contributed by atoms with Crippen LogP contribution in [0.15, 0.2) is 97.1 Å². The molecular weight excluding hydrogens is 821 g/mol. The van der Waals surface area contributed by atoms with Crippen molar-refractivity contribution in [2.24, 2.45) is 0 Å². The zero-order chi connectivity index (χ0) is 43.5. The summed E-state index contributed by atoms with van der Waals surface area (Å²) in [5.41, 5.74) is 2.42. The van der Waals surface area contributed by atoms with E-state index in [0.29, 0.717) is 84.0 Å². The Hall–Kier alpha value is -5.69. The van der Waals surface area contributed by atoms with Crippen molar-refractivity contribution in [3.05, 3.63) is 119 Å². The van der Waals surface area contributed by atoms with E-state index in [9.17, 15) is 19.2 Å². The van der Waals surface area contributed by atoms with Crippen molar-refractivity contribution in [3.8, 4) is 0 Å². The first-order valence-corrected chi connectivity index (χ1v) is 24.6. The number of benzene rings is 7. The van der Waals surface area contributed by atoms with Gasteiger partial charge in [0, 0.05) is 83.0 Å². The highest BCUT2D eigenvalue weighted by Gasteiger charge is 2.45. The Balaban J connectivity index is 1.11. The molecule has 0 fully saturated rings. The molecule has 2 heterocycles. The van der Waals surface area contributed by atoms with Gasteiger partial charge in [0.2, 0.25) is 0 Å². The molecule has 14 heteroatoms. The molecule has 0 aliphatic carbocycles. The minimum atomic E-state index is -3.22. The summed E-state index contributed by atoms with van der Waals surface area (Å²) in [6.45, 7) is 13.7. The third kappa shape index (κ3) is 6.16. The summed E-state index contributed by atoms with van der Waals surface area (Å²) < 4.78 is 36.5. The molecule has 0 N–H and O–H groups in total. The van der Waals surface area contributed by atoms with Crippen molar-refractivity contribution in [1.29, 1.82) is 0 Å². The fourth-order valence-corrected chi connectivity index (χ4v) is 14.2. The van der Waals surface area contributed by atoms with Crippen molar-refractivity contribution in [2.75, 3.05) is 49.4 Å². The van der Waals surface area contributed by atoms with Crippen molar-refractivity contribution in [2.45, 2.75) is 41.5 Å². The van der Waals surface area contributed by atoms with Gasteiger partial charge in [-0.3, -0.25) is 19.2 Å². The zero-order valence-corrected chi connectivity index (χ0v) is 37.5. The van der Waals surface area contributed by atoms with Crippen molar-refractivity contribution >= 4 is 106 Å². The second-order valence-electron chi connectivity index (χ2n) is 14.8. The predicted molar refractivity (Wildman–Crippen MR) is 243 cm³/mol. The number of hydrogen-bond donors (Lipinski definition) is 0. The summed E-state index contributed by atoms with van der Waals surface area (Å²) in [7, 11) is -6.44. The summed E-state index contributed by atoms with van der Waals surface area (Å²) in [5.74, 6) is -1.76.